The van der Waals surface area contributed by atoms with Crippen LogP contribution in [0.15, 0.2) is 298 Å². The number of rotatable bonds is 20. The number of aromatic nitrogens is 25. The minimum absolute atomic E-state index is 0.0106. The second-order valence-corrected chi connectivity index (χ2v) is 27.9. The van der Waals surface area contributed by atoms with E-state index in [-0.39, 0.29) is 144 Å². The molecule has 0 saturated carbocycles. The van der Waals surface area contributed by atoms with Crippen molar-refractivity contribution in [3.8, 4) is 46.7 Å². The summed E-state index contributed by atoms with van der Waals surface area (Å²) >= 11 is 0. The van der Waals surface area contributed by atoms with E-state index in [1.807, 2.05) is 0 Å². The van der Waals surface area contributed by atoms with Crippen LogP contribution in [-0.2, 0) is 0 Å². The van der Waals surface area contributed by atoms with Crippen molar-refractivity contribution in [3.63, 3.8) is 0 Å². The third-order valence-corrected chi connectivity index (χ3v) is 19.4. The minimum atomic E-state index is -0.624. The number of nitrogens with zero attached hydrogens (tertiary/aromatic N) is 33. The van der Waals surface area contributed by atoms with Gasteiger partial charge in [0, 0.05) is 89.1 Å². The normalized spacial score (nSPS) is 11.0. The molecule has 12 heterocycles. The zero-order valence-corrected chi connectivity index (χ0v) is 69.9. The van der Waals surface area contributed by atoms with Crippen molar-refractivity contribution in [2.75, 3.05) is 21.3 Å². The molecule has 0 radical (unpaired) electrons. The van der Waals surface area contributed by atoms with Crippen LogP contribution in [0.1, 0.15) is 47.1 Å². The zero-order chi connectivity index (χ0) is 94.8. The zero-order valence-electron chi connectivity index (χ0n) is 69.9. The van der Waals surface area contributed by atoms with Crippen molar-refractivity contribution in [1.29, 1.82) is 0 Å². The van der Waals surface area contributed by atoms with Gasteiger partial charge in [-0.1, -0.05) is 103 Å². The van der Waals surface area contributed by atoms with Crippen LogP contribution in [0.2, 0.25) is 0 Å². The molecule has 0 atom stereocenters. The SMILES string of the molecule is [C-]#[N+]c1cnn(-c2ccccn2)c1N=Nc1c(O)c(C(=O)Nc2ncn[nH]2)cc2ccccc12.[C-]#[N+]c1cnn(-c2ncccn2)c1N=Nc1c(O)c(C(=O)Nc2cc(C)[nH]n2)cc2ccccc12.[C-]#[N+]c1cnn(-c2ncccn2)c1N=Nc1c(O)c(C(=O)Nc2ncc[nH]2)cc2ccccc12.[C-]#[N+]c1cnn(-c2ncccn2)c1N=Nc1c(O)c(C(=O)Nc2ncn[nH]2)cc2ccccc12. The molecule has 137 heavy (non-hydrogen) atoms. The lowest BCUT2D eigenvalue weighted by molar-refractivity contribution is 0.101. The van der Waals surface area contributed by atoms with Gasteiger partial charge in [-0.25, -0.2) is 74.1 Å². The van der Waals surface area contributed by atoms with Crippen molar-refractivity contribution >= 4 is 159 Å². The van der Waals surface area contributed by atoms with E-state index in [9.17, 15) is 39.6 Å². The highest BCUT2D eigenvalue weighted by molar-refractivity contribution is 6.15. The number of hydrogen-bond acceptors (Lipinski definition) is 33. The summed E-state index contributed by atoms with van der Waals surface area (Å²) in [7, 11) is 0. The van der Waals surface area contributed by atoms with Gasteiger partial charge in [0.25, 0.3) is 64.2 Å². The van der Waals surface area contributed by atoms with Gasteiger partial charge in [-0.3, -0.25) is 40.2 Å². The fourth-order valence-electron chi connectivity index (χ4n) is 13.1. The summed E-state index contributed by atoms with van der Waals surface area (Å²) in [6.07, 6.45) is 21.6. The monoisotopic (exact) mass is 1820 g/mol. The first-order chi connectivity index (χ1) is 67.0. The number of aromatic hydroxyl groups is 4. The van der Waals surface area contributed by atoms with Gasteiger partial charge in [-0.2, -0.15) is 59.7 Å². The van der Waals surface area contributed by atoms with Crippen LogP contribution in [0, 0.1) is 33.2 Å². The molecule has 0 unspecified atom stereocenters. The van der Waals surface area contributed by atoms with E-state index in [0.29, 0.717) is 54.7 Å². The lowest BCUT2D eigenvalue weighted by Gasteiger charge is -2.10. The summed E-state index contributed by atoms with van der Waals surface area (Å²) in [6.45, 7) is 31.5. The summed E-state index contributed by atoms with van der Waals surface area (Å²) in [4.78, 5) is 109. The average molecular weight is 1820 g/mol. The summed E-state index contributed by atoms with van der Waals surface area (Å²) in [5.41, 5.74) is 1.37. The number of anilines is 4. The van der Waals surface area contributed by atoms with Crippen molar-refractivity contribution in [2.45, 2.75) is 6.92 Å². The quantitative estimate of drug-likeness (QED) is 0.0249. The number of nitrogens with one attached hydrogen (secondary N) is 8. The van der Waals surface area contributed by atoms with Crippen molar-refractivity contribution in [2.24, 2.45) is 40.9 Å². The highest BCUT2D eigenvalue weighted by Gasteiger charge is 2.27. The summed E-state index contributed by atoms with van der Waals surface area (Å²) < 4.78 is 5.17. The van der Waals surface area contributed by atoms with Gasteiger partial charge < -0.3 is 30.7 Å². The summed E-state index contributed by atoms with van der Waals surface area (Å²) in [5, 5.41) is 128. The Labute approximate surface area is 766 Å². The number of amides is 4. The molecule has 20 aromatic rings. The Morgan fingerprint density at radius 1 is 0.343 bits per heavy atom. The third kappa shape index (κ3) is 18.8. The lowest BCUT2D eigenvalue weighted by Crippen LogP contribution is -2.13. The number of phenolic OH excluding ortho intramolecular Hbond substituents is 4. The van der Waals surface area contributed by atoms with Crippen LogP contribution < -0.4 is 21.3 Å². The maximum atomic E-state index is 12.9. The molecule has 4 amide bonds. The number of azo groups is 4. The minimum Gasteiger partial charge on any atom is -0.505 e. The van der Waals surface area contributed by atoms with E-state index in [4.69, 9.17) is 26.3 Å². The first kappa shape index (κ1) is 87.3. The Kier molecular flexibility index (Phi) is 25.2. The molecule has 49 heteroatoms. The highest BCUT2D eigenvalue weighted by Crippen LogP contribution is 2.47. The number of benzene rings is 8. The molecule has 662 valence electrons. The van der Waals surface area contributed by atoms with Crippen LogP contribution >= 0.6 is 0 Å². The number of pyridine rings is 1. The number of fused-ring (bicyclic) bond motifs is 4. The Hall–Kier alpha value is -21.8. The van der Waals surface area contributed by atoms with E-state index in [0.717, 1.165) is 5.69 Å². The summed E-state index contributed by atoms with van der Waals surface area (Å²) in [6, 6.07) is 46.4. The first-order valence-corrected chi connectivity index (χ1v) is 39.7. The summed E-state index contributed by atoms with van der Waals surface area (Å²) in [5.74, 6) is -1.72. The molecule has 0 fully saturated rings. The Morgan fingerprint density at radius 3 is 0.971 bits per heavy atom. The fourth-order valence-corrected chi connectivity index (χ4v) is 13.1. The lowest BCUT2D eigenvalue weighted by atomic mass is 10.0. The standard InChI is InChI=1S/C23H16N10O2.2C22H14N10O2.C21H13N11O2/c1-13-10-18(30-29-13)28-22(35)16-11-14-6-3-4-7-15(14)19(20(16)34)31-32-21-17(24-2)12-27-33(21)23-25-8-5-9-26-23;1-23-16-11-27-32(17-8-4-5-9-24-17)20(16)30-29-18-14-7-3-2-6-13(14)10-15(19(18)33)21(34)28-22-25-12-26-31-22;1-23-16-12-28-32(22-26-7-4-8-27-22)19(16)31-30-17-14-6-3-2-5-13(14)11-15(18(17)33)20(34)29-21-24-9-10-25-21;1-22-15-10-27-32(21-23-7-4-8-24-21)18(15)30-29-16-13-6-3-2-5-12(13)9-14(17(16)33)19(34)28-20-25-11-26-31-20/h3-12,34H,1H3,(H2,28,29,30,35);2-12,33H,(H2,25,26,28,31,34);2-12,33H,(H2,24,25,29,34);2-11,33H,(H2,25,26,28,31,34). The van der Waals surface area contributed by atoms with Gasteiger partial charge in [0.2, 0.25) is 17.8 Å². The largest absolute Gasteiger partial charge is 0.505 e. The molecule has 0 aliphatic heterocycles. The molecular formula is C88H57N41O8. The number of H-pyrrole nitrogens is 4. The van der Waals surface area contributed by atoms with E-state index < -0.39 is 29.4 Å². The Morgan fingerprint density at radius 2 is 0.664 bits per heavy atom. The number of aromatic amines is 4. The van der Waals surface area contributed by atoms with Crippen LogP contribution in [0.4, 0.5) is 92.4 Å². The van der Waals surface area contributed by atoms with Crippen LogP contribution in [-0.4, -0.2) is 169 Å². The smallest absolute Gasteiger partial charge is 0.261 e. The molecule has 8 aromatic carbocycles. The topological polar surface area (TPSA) is 616 Å². The molecule has 0 aliphatic carbocycles. The van der Waals surface area contributed by atoms with Crippen LogP contribution in [0.25, 0.3) is 86.1 Å². The van der Waals surface area contributed by atoms with E-state index in [1.54, 1.807) is 171 Å². The maximum Gasteiger partial charge on any atom is 0.261 e. The van der Waals surface area contributed by atoms with Crippen molar-refractivity contribution in [1.82, 2.24) is 125 Å². The molecule has 12 N–H and O–H groups in total. The predicted octanol–water partition coefficient (Wildman–Crippen LogP) is 17.6. The van der Waals surface area contributed by atoms with E-state index in [2.05, 4.69) is 187 Å². The van der Waals surface area contributed by atoms with Gasteiger partial charge in [-0.15, -0.1) is 40.9 Å². The Balaban J connectivity index is 0.000000127. The molecule has 0 saturated heterocycles. The molecule has 49 nitrogen and oxygen atoms in total. The van der Waals surface area contributed by atoms with E-state index >= 15 is 0 Å². The van der Waals surface area contributed by atoms with Gasteiger partial charge >= 0.3 is 0 Å². The van der Waals surface area contributed by atoms with Crippen LogP contribution in [0.3, 0.4) is 0 Å². The van der Waals surface area contributed by atoms with Gasteiger partial charge in [0.1, 0.15) is 35.4 Å². The average Bonchev–Trinajstić information content (AvgIpc) is 1.79. The van der Waals surface area contributed by atoms with Crippen molar-refractivity contribution < 1.29 is 39.6 Å². The molecule has 0 aliphatic rings. The number of hydrogen-bond donors (Lipinski definition) is 12. The molecule has 0 spiro atoms. The first-order valence-electron chi connectivity index (χ1n) is 39.7. The third-order valence-electron chi connectivity index (χ3n) is 19.4. The maximum absolute atomic E-state index is 12.9. The second kappa shape index (κ2) is 39.6. The number of imidazole rings is 1. The number of carbonyl (C=O) groups excluding carboxylic acids is 4. The van der Waals surface area contributed by atoms with Crippen molar-refractivity contribution in [3.05, 3.63) is 331 Å². The van der Waals surface area contributed by atoms with Gasteiger partial charge in [0.15, 0.2) is 57.9 Å². The van der Waals surface area contributed by atoms with Gasteiger partial charge in [0.05, 0.1) is 73.3 Å². The van der Waals surface area contributed by atoms with E-state index in [1.165, 1.54) is 112 Å². The number of phenols is 4. The predicted molar refractivity (Wildman–Crippen MR) is 490 cm³/mol. The molecule has 20 rings (SSSR count). The molecule has 0 bridgehead atoms. The fraction of sp³-hybridized carbons (Fsp3) is 0.0114. The number of carbonyl (C=O) groups is 4. The second-order valence-electron chi connectivity index (χ2n) is 27.9. The molecular weight excluding hydrogens is 1760 g/mol. The highest BCUT2D eigenvalue weighted by atomic mass is 16.3. The number of aryl methyl sites for hydroxylation is 1. The Bertz CT molecular complexity index is 7690. The molecule has 12 aromatic heterocycles. The van der Waals surface area contributed by atoms with Gasteiger partial charge in [-0.05, 0) is 83.1 Å². The van der Waals surface area contributed by atoms with Crippen LogP contribution in [0.5, 0.6) is 23.0 Å².